The lowest BCUT2D eigenvalue weighted by molar-refractivity contribution is -0.140. The number of halogens is 5. The Labute approximate surface area is 97.8 Å². The summed E-state index contributed by atoms with van der Waals surface area (Å²) in [6.45, 7) is 4.96. The van der Waals surface area contributed by atoms with Crippen LogP contribution in [0.4, 0.5) is 17.6 Å². The summed E-state index contributed by atoms with van der Waals surface area (Å²) >= 11 is 1.45. The summed E-state index contributed by atoms with van der Waals surface area (Å²) in [4.78, 5) is 0. The van der Waals surface area contributed by atoms with Gasteiger partial charge < -0.3 is 0 Å². The normalized spacial score (nSPS) is 13.3. The molecule has 86 valence electrons. The van der Waals surface area contributed by atoms with Gasteiger partial charge in [-0.25, -0.2) is 0 Å². The molecular weight excluding hydrogens is 327 g/mol. The van der Waals surface area contributed by atoms with Gasteiger partial charge in [-0.2, -0.15) is 17.6 Å². The topological polar surface area (TPSA) is 17.8 Å². The van der Waals surface area contributed by atoms with Gasteiger partial charge in [-0.1, -0.05) is 0 Å². The Morgan fingerprint density at radius 3 is 1.87 bits per heavy atom. The van der Waals surface area contributed by atoms with E-state index >= 15 is 0 Å². The molecule has 1 aromatic heterocycles. The molecule has 0 bridgehead atoms. The standard InChI is InChI=1S/C8H9F4IN2/c1-7(2,3)15-6(13)4(5(9)14-15)8(10,11)12/h1-3H3. The summed E-state index contributed by atoms with van der Waals surface area (Å²) in [6, 6.07) is 0. The Morgan fingerprint density at radius 2 is 1.67 bits per heavy atom. The lowest BCUT2D eigenvalue weighted by Gasteiger charge is -2.20. The zero-order valence-electron chi connectivity index (χ0n) is 8.28. The van der Waals surface area contributed by atoms with Crippen LogP contribution in [-0.2, 0) is 11.7 Å². The number of hydrogen-bond acceptors (Lipinski definition) is 1. The number of hydrogen-bond donors (Lipinski definition) is 0. The first-order valence-corrected chi connectivity index (χ1v) is 5.14. The predicted molar refractivity (Wildman–Crippen MR) is 54.9 cm³/mol. The van der Waals surface area contributed by atoms with E-state index in [0.717, 1.165) is 4.68 Å². The Morgan fingerprint density at radius 1 is 1.20 bits per heavy atom. The Hall–Kier alpha value is -0.340. The molecule has 0 atom stereocenters. The third-order valence-electron chi connectivity index (χ3n) is 1.71. The van der Waals surface area contributed by atoms with Gasteiger partial charge in [0.15, 0.2) is 0 Å². The molecule has 0 aliphatic rings. The largest absolute Gasteiger partial charge is 0.423 e. The van der Waals surface area contributed by atoms with Crippen molar-refractivity contribution in [2.75, 3.05) is 0 Å². The molecule has 0 unspecified atom stereocenters. The van der Waals surface area contributed by atoms with E-state index < -0.39 is 23.2 Å². The minimum Gasteiger partial charge on any atom is -0.251 e. The van der Waals surface area contributed by atoms with Gasteiger partial charge in [-0.3, -0.25) is 4.68 Å². The van der Waals surface area contributed by atoms with Gasteiger partial charge in [0.1, 0.15) is 9.26 Å². The van der Waals surface area contributed by atoms with E-state index in [1.165, 1.54) is 22.6 Å². The van der Waals surface area contributed by atoms with Crippen LogP contribution in [-0.4, -0.2) is 9.78 Å². The fourth-order valence-electron chi connectivity index (χ4n) is 1.05. The summed E-state index contributed by atoms with van der Waals surface area (Å²) in [6.07, 6.45) is -4.70. The van der Waals surface area contributed by atoms with Crippen molar-refractivity contribution < 1.29 is 17.6 Å². The third kappa shape index (κ3) is 2.43. The summed E-state index contributed by atoms with van der Waals surface area (Å²) < 4.78 is 51.1. The molecular formula is C8H9F4IN2. The maximum atomic E-state index is 13.0. The van der Waals surface area contributed by atoms with Gasteiger partial charge in [0.05, 0.1) is 5.54 Å². The molecule has 0 saturated heterocycles. The molecule has 0 N–H and O–H groups in total. The van der Waals surface area contributed by atoms with E-state index in [9.17, 15) is 17.6 Å². The minimum atomic E-state index is -4.70. The zero-order chi connectivity index (χ0) is 12.0. The van der Waals surface area contributed by atoms with E-state index in [1.54, 1.807) is 20.8 Å². The molecule has 0 aliphatic carbocycles. The molecule has 7 heteroatoms. The molecule has 1 rings (SSSR count). The van der Waals surface area contributed by atoms with Gasteiger partial charge >= 0.3 is 6.18 Å². The van der Waals surface area contributed by atoms with Gasteiger partial charge in [-0.05, 0) is 43.4 Å². The molecule has 0 aliphatic heterocycles. The van der Waals surface area contributed by atoms with Crippen molar-refractivity contribution in [1.82, 2.24) is 9.78 Å². The Balaban J connectivity index is 3.41. The van der Waals surface area contributed by atoms with Crippen LogP contribution in [0.2, 0.25) is 0 Å². The first-order chi connectivity index (χ1) is 6.55. The van der Waals surface area contributed by atoms with E-state index in [4.69, 9.17) is 0 Å². The second-order valence-electron chi connectivity index (χ2n) is 4.04. The number of rotatable bonds is 0. The van der Waals surface area contributed by atoms with Crippen molar-refractivity contribution >= 4 is 22.6 Å². The first-order valence-electron chi connectivity index (χ1n) is 4.07. The van der Waals surface area contributed by atoms with Crippen LogP contribution >= 0.6 is 22.6 Å². The lowest BCUT2D eigenvalue weighted by atomic mass is 10.1. The van der Waals surface area contributed by atoms with Gasteiger partial charge in [0.2, 0.25) is 5.95 Å². The average molecular weight is 336 g/mol. The molecule has 0 fully saturated rings. The van der Waals surface area contributed by atoms with E-state index in [0.29, 0.717) is 0 Å². The second kappa shape index (κ2) is 3.60. The molecule has 2 nitrogen and oxygen atoms in total. The van der Waals surface area contributed by atoms with Crippen LogP contribution in [0.15, 0.2) is 0 Å². The highest BCUT2D eigenvalue weighted by molar-refractivity contribution is 14.1. The van der Waals surface area contributed by atoms with Crippen molar-refractivity contribution in [3.8, 4) is 0 Å². The highest BCUT2D eigenvalue weighted by Crippen LogP contribution is 2.36. The quantitative estimate of drug-likeness (QED) is 0.525. The van der Waals surface area contributed by atoms with Crippen molar-refractivity contribution in [3.05, 3.63) is 15.2 Å². The van der Waals surface area contributed by atoms with Crippen LogP contribution in [0, 0.1) is 9.65 Å². The Bertz CT molecular complexity index is 375. The highest BCUT2D eigenvalue weighted by Gasteiger charge is 2.41. The molecule has 0 radical (unpaired) electrons. The maximum absolute atomic E-state index is 13.0. The fraction of sp³-hybridized carbons (Fsp3) is 0.625. The molecule has 1 aromatic rings. The Kier molecular flexibility index (Phi) is 3.05. The van der Waals surface area contributed by atoms with Crippen LogP contribution in [0.25, 0.3) is 0 Å². The third-order valence-corrected chi connectivity index (χ3v) is 2.70. The average Bonchev–Trinajstić information content (AvgIpc) is 2.22. The highest BCUT2D eigenvalue weighted by atomic mass is 127. The predicted octanol–water partition coefficient (Wildman–Crippen LogP) is 3.40. The molecule has 15 heavy (non-hydrogen) atoms. The summed E-state index contributed by atoms with van der Waals surface area (Å²) in [5.74, 6) is -1.47. The van der Waals surface area contributed by atoms with Gasteiger partial charge in [0, 0.05) is 0 Å². The van der Waals surface area contributed by atoms with Gasteiger partial charge in [-0.15, -0.1) is 5.10 Å². The maximum Gasteiger partial charge on any atom is 0.423 e. The van der Waals surface area contributed by atoms with E-state index in [-0.39, 0.29) is 3.70 Å². The van der Waals surface area contributed by atoms with E-state index in [1.807, 2.05) is 0 Å². The SMILES string of the molecule is CC(C)(C)n1nc(F)c(C(F)(F)F)c1I. The summed E-state index contributed by atoms with van der Waals surface area (Å²) in [7, 11) is 0. The summed E-state index contributed by atoms with van der Waals surface area (Å²) in [5.41, 5.74) is -1.97. The molecule has 0 aromatic carbocycles. The van der Waals surface area contributed by atoms with Crippen LogP contribution in [0.5, 0.6) is 0 Å². The lowest BCUT2D eigenvalue weighted by Crippen LogP contribution is -2.25. The molecule has 0 saturated carbocycles. The number of alkyl halides is 3. The van der Waals surface area contributed by atoms with Crippen LogP contribution in [0.3, 0.4) is 0 Å². The number of nitrogens with zero attached hydrogens (tertiary/aromatic N) is 2. The van der Waals surface area contributed by atoms with Crippen molar-refractivity contribution in [1.29, 1.82) is 0 Å². The molecule has 0 amide bonds. The number of aromatic nitrogens is 2. The molecule has 1 heterocycles. The van der Waals surface area contributed by atoms with Crippen molar-refractivity contribution in [2.45, 2.75) is 32.5 Å². The van der Waals surface area contributed by atoms with Crippen molar-refractivity contribution in [2.24, 2.45) is 0 Å². The fourth-order valence-corrected chi connectivity index (χ4v) is 2.41. The smallest absolute Gasteiger partial charge is 0.251 e. The van der Waals surface area contributed by atoms with Crippen molar-refractivity contribution in [3.63, 3.8) is 0 Å². The summed E-state index contributed by atoms with van der Waals surface area (Å²) in [5, 5.41) is 3.27. The minimum absolute atomic E-state index is 0.231. The zero-order valence-corrected chi connectivity index (χ0v) is 10.4. The molecule has 0 spiro atoms. The second-order valence-corrected chi connectivity index (χ2v) is 5.06. The van der Waals surface area contributed by atoms with E-state index in [2.05, 4.69) is 5.10 Å². The monoisotopic (exact) mass is 336 g/mol. The van der Waals surface area contributed by atoms with Crippen LogP contribution in [0.1, 0.15) is 26.3 Å². The van der Waals surface area contributed by atoms with Gasteiger partial charge in [0.25, 0.3) is 0 Å². The van der Waals surface area contributed by atoms with Crippen LogP contribution < -0.4 is 0 Å². The first kappa shape index (κ1) is 12.7.